The van der Waals surface area contributed by atoms with Crippen molar-refractivity contribution >= 4 is 28.1 Å². The number of thioether (sulfide) groups is 1. The number of nitrogens with one attached hydrogen (secondary N) is 1. The highest BCUT2D eigenvalue weighted by molar-refractivity contribution is 7.99. The fourth-order valence-electron chi connectivity index (χ4n) is 3.37. The molecule has 9 heteroatoms. The average molecular weight is 434 g/mol. The van der Waals surface area contributed by atoms with E-state index >= 15 is 0 Å². The lowest BCUT2D eigenvalue weighted by molar-refractivity contribution is 0.0711. The van der Waals surface area contributed by atoms with Crippen LogP contribution < -0.4 is 10.1 Å². The van der Waals surface area contributed by atoms with Crippen molar-refractivity contribution in [2.75, 3.05) is 37.7 Å². The van der Waals surface area contributed by atoms with E-state index in [-0.39, 0.29) is 0 Å². The zero-order chi connectivity index (χ0) is 20.1. The van der Waals surface area contributed by atoms with Crippen LogP contribution in [0.4, 0.5) is 0 Å². The molecule has 0 spiro atoms. The molecule has 1 saturated heterocycles. The van der Waals surface area contributed by atoms with Gasteiger partial charge in [0, 0.05) is 49.8 Å². The van der Waals surface area contributed by atoms with Gasteiger partial charge in [0.15, 0.2) is 0 Å². The number of aliphatic hydroxyl groups is 1. The Labute approximate surface area is 179 Å². The largest absolute Gasteiger partial charge is 0.491 e. The first-order chi connectivity index (χ1) is 14.2. The molecule has 1 aromatic carbocycles. The van der Waals surface area contributed by atoms with Crippen molar-refractivity contribution in [3.8, 4) is 5.75 Å². The lowest BCUT2D eigenvalue weighted by Gasteiger charge is -2.28. The van der Waals surface area contributed by atoms with Gasteiger partial charge in [0.25, 0.3) is 0 Å². The molecule has 1 atom stereocenters. The van der Waals surface area contributed by atoms with Crippen LogP contribution in [-0.4, -0.2) is 68.5 Å². The third kappa shape index (κ3) is 5.70. The number of ether oxygens (including phenoxy) is 1. The third-order valence-electron chi connectivity index (χ3n) is 4.79. The number of imidazole rings is 1. The van der Waals surface area contributed by atoms with Gasteiger partial charge in [-0.3, -0.25) is 4.90 Å². The molecular weight excluding hydrogens is 406 g/mol. The van der Waals surface area contributed by atoms with Crippen molar-refractivity contribution < 1.29 is 9.84 Å². The van der Waals surface area contributed by atoms with Crippen LogP contribution in [0, 0.1) is 6.92 Å². The SMILES string of the molecule is Cc1nn2cc(CNCc3ccccc3OC[C@@H](O)CN3CCSCC3)nc2s1. The maximum atomic E-state index is 10.3. The van der Waals surface area contributed by atoms with Crippen molar-refractivity contribution in [3.05, 3.63) is 46.7 Å². The molecule has 4 rings (SSSR count). The van der Waals surface area contributed by atoms with Gasteiger partial charge in [0.05, 0.1) is 11.9 Å². The highest BCUT2D eigenvalue weighted by Crippen LogP contribution is 2.19. The van der Waals surface area contributed by atoms with Crippen LogP contribution in [0.5, 0.6) is 5.75 Å². The molecule has 3 aromatic rings. The molecule has 0 aliphatic carbocycles. The highest BCUT2D eigenvalue weighted by Gasteiger charge is 2.16. The summed E-state index contributed by atoms with van der Waals surface area (Å²) in [6, 6.07) is 7.98. The Bertz CT molecular complexity index is 891. The maximum Gasteiger partial charge on any atom is 0.212 e. The molecule has 0 amide bonds. The predicted octanol–water partition coefficient (Wildman–Crippen LogP) is 2.18. The molecule has 29 heavy (non-hydrogen) atoms. The van der Waals surface area contributed by atoms with Crippen LogP contribution in [0.1, 0.15) is 16.3 Å². The van der Waals surface area contributed by atoms with Crippen molar-refractivity contribution in [2.45, 2.75) is 26.1 Å². The molecule has 2 aromatic heterocycles. The van der Waals surface area contributed by atoms with E-state index in [1.54, 1.807) is 11.3 Å². The Kier molecular flexibility index (Phi) is 7.04. The first kappa shape index (κ1) is 20.6. The van der Waals surface area contributed by atoms with E-state index in [0.29, 0.717) is 26.2 Å². The van der Waals surface area contributed by atoms with E-state index in [2.05, 4.69) is 20.3 Å². The minimum absolute atomic E-state index is 0.309. The van der Waals surface area contributed by atoms with Gasteiger partial charge < -0.3 is 15.2 Å². The Morgan fingerprint density at radius 3 is 2.90 bits per heavy atom. The number of nitrogens with zero attached hydrogens (tertiary/aromatic N) is 4. The number of benzene rings is 1. The minimum atomic E-state index is -0.478. The predicted molar refractivity (Wildman–Crippen MR) is 118 cm³/mol. The van der Waals surface area contributed by atoms with Gasteiger partial charge in [-0.2, -0.15) is 16.9 Å². The molecule has 0 unspecified atom stereocenters. The number of β-amino-alcohol motifs (C(OH)–C–C–N with tert-alkyl or cyclic N) is 1. The summed E-state index contributed by atoms with van der Waals surface area (Å²) >= 11 is 3.57. The Balaban J connectivity index is 1.26. The maximum absolute atomic E-state index is 10.3. The summed E-state index contributed by atoms with van der Waals surface area (Å²) in [7, 11) is 0. The second-order valence-corrected chi connectivity index (χ2v) is 9.55. The van der Waals surface area contributed by atoms with E-state index < -0.39 is 6.10 Å². The van der Waals surface area contributed by atoms with Gasteiger partial charge in [-0.1, -0.05) is 29.5 Å². The minimum Gasteiger partial charge on any atom is -0.491 e. The van der Waals surface area contributed by atoms with Crippen molar-refractivity contribution in [1.82, 2.24) is 24.8 Å². The van der Waals surface area contributed by atoms with Crippen molar-refractivity contribution in [1.29, 1.82) is 0 Å². The second-order valence-electron chi connectivity index (χ2n) is 7.17. The molecule has 2 N–H and O–H groups in total. The quantitative estimate of drug-likeness (QED) is 0.536. The van der Waals surface area contributed by atoms with E-state index in [0.717, 1.165) is 51.6 Å². The van der Waals surface area contributed by atoms with Crippen LogP contribution in [0.2, 0.25) is 0 Å². The number of hydrogen-bond acceptors (Lipinski definition) is 8. The van der Waals surface area contributed by atoms with Crippen LogP contribution >= 0.6 is 23.1 Å². The summed E-state index contributed by atoms with van der Waals surface area (Å²) in [5.74, 6) is 3.11. The highest BCUT2D eigenvalue weighted by atomic mass is 32.2. The summed E-state index contributed by atoms with van der Waals surface area (Å²) in [5, 5.41) is 19.2. The topological polar surface area (TPSA) is 74.9 Å². The first-order valence-corrected chi connectivity index (χ1v) is 11.9. The lowest BCUT2D eigenvalue weighted by atomic mass is 10.2. The first-order valence-electron chi connectivity index (χ1n) is 9.88. The van der Waals surface area contributed by atoms with Gasteiger partial charge in [-0.15, -0.1) is 0 Å². The lowest BCUT2D eigenvalue weighted by Crippen LogP contribution is -2.40. The van der Waals surface area contributed by atoms with Gasteiger partial charge in [0.2, 0.25) is 4.96 Å². The van der Waals surface area contributed by atoms with Gasteiger partial charge in [-0.25, -0.2) is 9.50 Å². The molecule has 3 heterocycles. The van der Waals surface area contributed by atoms with E-state index in [1.165, 1.54) is 0 Å². The van der Waals surface area contributed by atoms with Gasteiger partial charge in [-0.05, 0) is 13.0 Å². The zero-order valence-corrected chi connectivity index (χ0v) is 18.2. The molecule has 0 radical (unpaired) electrons. The number of aromatic nitrogens is 3. The summed E-state index contributed by atoms with van der Waals surface area (Å²) in [6.07, 6.45) is 1.48. The fraction of sp³-hybridized carbons (Fsp3) is 0.500. The summed E-state index contributed by atoms with van der Waals surface area (Å²) in [6.45, 7) is 6.39. The molecule has 0 bridgehead atoms. The zero-order valence-electron chi connectivity index (χ0n) is 16.6. The van der Waals surface area contributed by atoms with Crippen molar-refractivity contribution in [2.24, 2.45) is 0 Å². The van der Waals surface area contributed by atoms with Crippen LogP contribution in [0.25, 0.3) is 4.96 Å². The Morgan fingerprint density at radius 1 is 1.24 bits per heavy atom. The van der Waals surface area contributed by atoms with Gasteiger partial charge >= 0.3 is 0 Å². The number of hydrogen-bond donors (Lipinski definition) is 2. The normalized spacial score (nSPS) is 16.3. The van der Waals surface area contributed by atoms with Crippen LogP contribution in [0.3, 0.4) is 0 Å². The monoisotopic (exact) mass is 433 g/mol. The average Bonchev–Trinajstić information content (AvgIpc) is 3.25. The fourth-order valence-corrected chi connectivity index (χ4v) is 5.09. The number of para-hydroxylation sites is 1. The molecular formula is C20H27N5O2S2. The van der Waals surface area contributed by atoms with Crippen molar-refractivity contribution in [3.63, 3.8) is 0 Å². The number of fused-ring (bicyclic) bond motifs is 1. The standard InChI is InChI=1S/C20H27N5O2S2/c1-15-23-25-12-17(22-20(25)29-15)11-21-10-16-4-2-3-5-19(16)27-14-18(26)13-24-6-8-28-9-7-24/h2-5,12,18,21,26H,6-11,13-14H2,1H3/t18-/m0/s1. The summed E-state index contributed by atoms with van der Waals surface area (Å²) in [5.41, 5.74) is 2.04. The van der Waals surface area contributed by atoms with Gasteiger partial charge in [0.1, 0.15) is 23.5 Å². The molecule has 7 nitrogen and oxygen atoms in total. The number of rotatable bonds is 9. The second kappa shape index (κ2) is 9.90. The summed E-state index contributed by atoms with van der Waals surface area (Å²) in [4.78, 5) is 7.82. The molecule has 1 aliphatic heterocycles. The van der Waals surface area contributed by atoms with Crippen LogP contribution in [-0.2, 0) is 13.1 Å². The number of aliphatic hydroxyl groups excluding tert-OH is 1. The molecule has 156 valence electrons. The Morgan fingerprint density at radius 2 is 2.07 bits per heavy atom. The van der Waals surface area contributed by atoms with E-state index in [1.807, 2.05) is 53.7 Å². The summed E-state index contributed by atoms with van der Waals surface area (Å²) < 4.78 is 7.77. The molecule has 0 saturated carbocycles. The van der Waals surface area contributed by atoms with E-state index in [9.17, 15) is 5.11 Å². The molecule has 1 fully saturated rings. The number of aryl methyl sites for hydroxylation is 1. The van der Waals surface area contributed by atoms with Crippen LogP contribution in [0.15, 0.2) is 30.5 Å². The molecule has 1 aliphatic rings. The van der Waals surface area contributed by atoms with E-state index in [4.69, 9.17) is 4.74 Å². The Hall–Kier alpha value is -1.65. The third-order valence-corrected chi connectivity index (χ3v) is 6.57. The smallest absolute Gasteiger partial charge is 0.212 e.